The van der Waals surface area contributed by atoms with Gasteiger partial charge in [0, 0.05) is 4.88 Å². The second kappa shape index (κ2) is 5.03. The summed E-state index contributed by atoms with van der Waals surface area (Å²) in [5, 5.41) is 2.16. The van der Waals surface area contributed by atoms with Crippen LogP contribution in [0.15, 0.2) is 16.3 Å². The minimum Gasteiger partial charge on any atom is -0.294 e. The number of amides is 2. The average molecular weight is 302 g/mol. The monoisotopic (exact) mass is 302 g/mol. The van der Waals surface area contributed by atoms with E-state index in [0.717, 1.165) is 20.5 Å². The summed E-state index contributed by atoms with van der Waals surface area (Å²) in [6, 6.07) is 2.37. The number of nitrogens with one attached hydrogen (secondary N) is 1. The SMILES string of the molecule is CCC1C(=O)NC(=O)CN1S(=O)(=O)c1ccc(C)s1. The molecule has 1 aliphatic heterocycles. The minimum atomic E-state index is -3.80. The molecule has 0 aromatic carbocycles. The summed E-state index contributed by atoms with van der Waals surface area (Å²) in [5.74, 6) is -1.15. The summed E-state index contributed by atoms with van der Waals surface area (Å²) in [6.45, 7) is 3.20. The average Bonchev–Trinajstić information content (AvgIpc) is 2.75. The van der Waals surface area contributed by atoms with E-state index in [1.807, 2.05) is 0 Å². The number of hydrogen-bond donors (Lipinski definition) is 1. The molecule has 1 atom stereocenters. The number of imide groups is 1. The van der Waals surface area contributed by atoms with E-state index in [1.165, 1.54) is 6.07 Å². The van der Waals surface area contributed by atoms with Crippen LogP contribution in [0.2, 0.25) is 0 Å². The number of hydrogen-bond acceptors (Lipinski definition) is 5. The lowest BCUT2D eigenvalue weighted by Crippen LogP contribution is -2.59. The smallest absolute Gasteiger partial charge is 0.253 e. The van der Waals surface area contributed by atoms with Crippen LogP contribution in [0.5, 0.6) is 0 Å². The predicted molar refractivity (Wildman–Crippen MR) is 70.2 cm³/mol. The first kappa shape index (κ1) is 14.2. The lowest BCUT2D eigenvalue weighted by Gasteiger charge is -2.31. The van der Waals surface area contributed by atoms with Crippen molar-refractivity contribution in [3.63, 3.8) is 0 Å². The fourth-order valence-corrected chi connectivity index (χ4v) is 4.98. The van der Waals surface area contributed by atoms with Crippen LogP contribution in [-0.4, -0.2) is 37.1 Å². The van der Waals surface area contributed by atoms with Gasteiger partial charge in [0.2, 0.25) is 11.8 Å². The van der Waals surface area contributed by atoms with Crippen molar-refractivity contribution in [1.82, 2.24) is 9.62 Å². The summed E-state index contributed by atoms with van der Waals surface area (Å²) in [7, 11) is -3.80. The Hall–Kier alpha value is -1.25. The first-order valence-corrected chi connectivity index (χ1v) is 8.04. The van der Waals surface area contributed by atoms with Gasteiger partial charge in [-0.1, -0.05) is 6.92 Å². The Balaban J connectivity index is 2.42. The molecule has 1 aromatic heterocycles. The molecule has 2 heterocycles. The number of aryl methyl sites for hydroxylation is 1. The fourth-order valence-electron chi connectivity index (χ4n) is 1.95. The largest absolute Gasteiger partial charge is 0.294 e. The number of thiophene rings is 1. The summed E-state index contributed by atoms with van der Waals surface area (Å²) >= 11 is 1.13. The highest BCUT2D eigenvalue weighted by Crippen LogP contribution is 2.27. The zero-order chi connectivity index (χ0) is 14.2. The van der Waals surface area contributed by atoms with Crippen LogP contribution in [0, 0.1) is 6.92 Å². The molecular weight excluding hydrogens is 288 g/mol. The standard InChI is InChI=1S/C11H14N2O4S2/c1-3-8-11(15)12-9(14)6-13(8)19(16,17)10-5-4-7(2)18-10/h4-5,8H,3,6H2,1-2H3,(H,12,14,15). The normalized spacial score (nSPS) is 21.5. The molecule has 104 valence electrons. The molecular formula is C11H14N2O4S2. The second-order valence-electron chi connectivity index (χ2n) is 4.25. The van der Waals surface area contributed by atoms with Crippen LogP contribution in [0.1, 0.15) is 18.2 Å². The maximum Gasteiger partial charge on any atom is 0.253 e. The molecule has 1 aliphatic rings. The number of nitrogens with zero attached hydrogens (tertiary/aromatic N) is 1. The van der Waals surface area contributed by atoms with Crippen LogP contribution in [0.3, 0.4) is 0 Å². The summed E-state index contributed by atoms with van der Waals surface area (Å²) in [4.78, 5) is 23.9. The fraction of sp³-hybridized carbons (Fsp3) is 0.455. The van der Waals surface area contributed by atoms with Gasteiger partial charge in [-0.25, -0.2) is 8.42 Å². The zero-order valence-electron chi connectivity index (χ0n) is 10.5. The summed E-state index contributed by atoms with van der Waals surface area (Å²) < 4.78 is 26.1. The Morgan fingerprint density at radius 1 is 1.42 bits per heavy atom. The molecule has 1 fully saturated rings. The molecule has 0 aliphatic carbocycles. The highest BCUT2D eigenvalue weighted by atomic mass is 32.2. The van der Waals surface area contributed by atoms with Crippen molar-refractivity contribution in [2.45, 2.75) is 30.5 Å². The zero-order valence-corrected chi connectivity index (χ0v) is 12.2. The Morgan fingerprint density at radius 2 is 2.11 bits per heavy atom. The molecule has 1 N–H and O–H groups in total. The first-order valence-electron chi connectivity index (χ1n) is 5.78. The van der Waals surface area contributed by atoms with Crippen molar-refractivity contribution in [2.24, 2.45) is 0 Å². The molecule has 19 heavy (non-hydrogen) atoms. The van der Waals surface area contributed by atoms with Crippen molar-refractivity contribution in [2.75, 3.05) is 6.54 Å². The van der Waals surface area contributed by atoms with Gasteiger partial charge < -0.3 is 0 Å². The molecule has 1 saturated heterocycles. The Morgan fingerprint density at radius 3 is 2.63 bits per heavy atom. The van der Waals surface area contributed by atoms with E-state index >= 15 is 0 Å². The third-order valence-corrected chi connectivity index (χ3v) is 6.20. The van der Waals surface area contributed by atoms with Gasteiger partial charge in [0.1, 0.15) is 10.3 Å². The van der Waals surface area contributed by atoms with E-state index in [1.54, 1.807) is 19.9 Å². The summed E-state index contributed by atoms with van der Waals surface area (Å²) in [6.07, 6.45) is 0.322. The van der Waals surface area contributed by atoms with Crippen molar-refractivity contribution in [3.8, 4) is 0 Å². The van der Waals surface area contributed by atoms with Crippen molar-refractivity contribution in [1.29, 1.82) is 0 Å². The third-order valence-electron chi connectivity index (χ3n) is 2.88. The highest BCUT2D eigenvalue weighted by Gasteiger charge is 2.40. The quantitative estimate of drug-likeness (QED) is 0.823. The molecule has 0 saturated carbocycles. The van der Waals surface area contributed by atoms with E-state index in [0.29, 0.717) is 6.42 Å². The molecule has 0 radical (unpaired) electrons. The Labute approximate surface area is 115 Å². The molecule has 8 heteroatoms. The third kappa shape index (κ3) is 2.56. The number of rotatable bonds is 3. The molecule has 2 amide bonds. The van der Waals surface area contributed by atoms with Gasteiger partial charge in [-0.15, -0.1) is 11.3 Å². The van der Waals surface area contributed by atoms with Crippen LogP contribution < -0.4 is 5.32 Å². The minimum absolute atomic E-state index is 0.158. The Kier molecular flexibility index (Phi) is 3.75. The van der Waals surface area contributed by atoms with Gasteiger partial charge in [0.05, 0.1) is 6.54 Å². The van der Waals surface area contributed by atoms with Crippen LogP contribution >= 0.6 is 11.3 Å². The Bertz CT molecular complexity index is 620. The van der Waals surface area contributed by atoms with Crippen molar-refractivity contribution >= 4 is 33.2 Å². The lowest BCUT2D eigenvalue weighted by atomic mass is 10.2. The molecule has 1 aromatic rings. The lowest BCUT2D eigenvalue weighted by molar-refractivity contribution is -0.137. The number of carbonyl (C=O) groups is 2. The van der Waals surface area contributed by atoms with E-state index in [9.17, 15) is 18.0 Å². The molecule has 2 rings (SSSR count). The maximum atomic E-state index is 12.5. The van der Waals surface area contributed by atoms with Crippen LogP contribution in [0.25, 0.3) is 0 Å². The maximum absolute atomic E-state index is 12.5. The number of sulfonamides is 1. The van der Waals surface area contributed by atoms with E-state index in [2.05, 4.69) is 5.32 Å². The van der Waals surface area contributed by atoms with Crippen LogP contribution in [0.4, 0.5) is 0 Å². The van der Waals surface area contributed by atoms with Crippen molar-refractivity contribution < 1.29 is 18.0 Å². The molecule has 1 unspecified atom stereocenters. The topological polar surface area (TPSA) is 83.6 Å². The predicted octanol–water partition coefficient (Wildman–Crippen LogP) is 0.482. The van der Waals surface area contributed by atoms with E-state index in [-0.39, 0.29) is 10.8 Å². The van der Waals surface area contributed by atoms with Gasteiger partial charge in [-0.3, -0.25) is 14.9 Å². The molecule has 0 bridgehead atoms. The summed E-state index contributed by atoms with van der Waals surface area (Å²) in [5.41, 5.74) is 0. The molecule has 6 nitrogen and oxygen atoms in total. The highest BCUT2D eigenvalue weighted by molar-refractivity contribution is 7.91. The van der Waals surface area contributed by atoms with Gasteiger partial charge in [0.25, 0.3) is 10.0 Å². The van der Waals surface area contributed by atoms with E-state index < -0.39 is 27.9 Å². The number of carbonyl (C=O) groups excluding carboxylic acids is 2. The van der Waals surface area contributed by atoms with E-state index in [4.69, 9.17) is 0 Å². The van der Waals surface area contributed by atoms with Gasteiger partial charge in [-0.05, 0) is 25.5 Å². The molecule has 0 spiro atoms. The van der Waals surface area contributed by atoms with Gasteiger partial charge >= 0.3 is 0 Å². The van der Waals surface area contributed by atoms with Crippen molar-refractivity contribution in [3.05, 3.63) is 17.0 Å². The second-order valence-corrected chi connectivity index (χ2v) is 7.66. The van der Waals surface area contributed by atoms with Gasteiger partial charge in [-0.2, -0.15) is 4.31 Å². The first-order chi connectivity index (χ1) is 8.86. The van der Waals surface area contributed by atoms with Gasteiger partial charge in [0.15, 0.2) is 0 Å². The van der Waals surface area contributed by atoms with Crippen LogP contribution in [-0.2, 0) is 19.6 Å². The number of piperazine rings is 1.